The molecule has 0 radical (unpaired) electrons. The predicted octanol–water partition coefficient (Wildman–Crippen LogP) is 3.29. The topological polar surface area (TPSA) is 67.9 Å². The number of methoxy groups -OCH3 is 2. The van der Waals surface area contributed by atoms with Crippen LogP contribution in [0.1, 0.15) is 39.1 Å². The van der Waals surface area contributed by atoms with E-state index in [4.69, 9.17) is 9.47 Å². The molecule has 0 saturated carbocycles. The number of hydrogen-bond donors (Lipinski definition) is 1. The molecule has 2 aromatic carbocycles. The molecule has 6 heteroatoms. The smallest absolute Gasteiger partial charge is 0.253 e. The summed E-state index contributed by atoms with van der Waals surface area (Å²) in [5.41, 5.74) is 2.40. The molecule has 3 rings (SSSR count). The Hall–Kier alpha value is -3.02. The lowest BCUT2D eigenvalue weighted by atomic mass is 9.96. The summed E-state index contributed by atoms with van der Waals surface area (Å²) >= 11 is 0. The van der Waals surface area contributed by atoms with Crippen LogP contribution < -0.4 is 14.8 Å². The highest BCUT2D eigenvalue weighted by molar-refractivity contribution is 5.95. The third-order valence-corrected chi connectivity index (χ3v) is 5.40. The van der Waals surface area contributed by atoms with E-state index in [-0.39, 0.29) is 11.8 Å². The van der Waals surface area contributed by atoms with Crippen LogP contribution in [-0.2, 0) is 0 Å². The Bertz CT molecular complexity index is 856. The van der Waals surface area contributed by atoms with Crippen LogP contribution >= 0.6 is 0 Å². The van der Waals surface area contributed by atoms with Gasteiger partial charge in [0.05, 0.1) is 14.2 Å². The van der Waals surface area contributed by atoms with Crippen molar-refractivity contribution in [3.05, 3.63) is 59.2 Å². The molecule has 1 fully saturated rings. The Morgan fingerprint density at radius 3 is 2.21 bits per heavy atom. The third-order valence-electron chi connectivity index (χ3n) is 5.40. The average molecular weight is 396 g/mol. The number of nitrogens with one attached hydrogen (secondary N) is 1. The summed E-state index contributed by atoms with van der Waals surface area (Å²) in [5, 5.41) is 3.02. The first-order chi connectivity index (χ1) is 14.0. The number of piperidine rings is 1. The van der Waals surface area contributed by atoms with Crippen molar-refractivity contribution in [2.45, 2.75) is 19.8 Å². The number of rotatable bonds is 6. The Morgan fingerprint density at radius 1 is 0.966 bits per heavy atom. The summed E-state index contributed by atoms with van der Waals surface area (Å²) in [4.78, 5) is 26.9. The van der Waals surface area contributed by atoms with Gasteiger partial charge >= 0.3 is 0 Å². The quantitative estimate of drug-likeness (QED) is 0.814. The van der Waals surface area contributed by atoms with Crippen molar-refractivity contribution < 1.29 is 19.1 Å². The van der Waals surface area contributed by atoms with Gasteiger partial charge in [-0.25, -0.2) is 0 Å². The van der Waals surface area contributed by atoms with Crippen LogP contribution in [0.4, 0.5) is 0 Å². The number of likely N-dealkylation sites (tertiary alicyclic amines) is 1. The van der Waals surface area contributed by atoms with Crippen molar-refractivity contribution in [3.63, 3.8) is 0 Å². The number of carbonyl (C=O) groups excluding carboxylic acids is 2. The van der Waals surface area contributed by atoms with Gasteiger partial charge in [0.2, 0.25) is 0 Å². The molecule has 154 valence electrons. The maximum atomic E-state index is 12.8. The zero-order valence-corrected chi connectivity index (χ0v) is 17.2. The minimum Gasteiger partial charge on any atom is -0.493 e. The van der Waals surface area contributed by atoms with E-state index in [2.05, 4.69) is 5.32 Å². The molecule has 0 bridgehead atoms. The highest BCUT2D eigenvalue weighted by atomic mass is 16.5. The minimum atomic E-state index is -0.0474. The van der Waals surface area contributed by atoms with Crippen LogP contribution in [0.25, 0.3) is 0 Å². The van der Waals surface area contributed by atoms with Crippen molar-refractivity contribution in [1.82, 2.24) is 10.2 Å². The maximum Gasteiger partial charge on any atom is 0.253 e. The second kappa shape index (κ2) is 9.45. The maximum absolute atomic E-state index is 12.8. The molecule has 2 aromatic rings. The number of benzene rings is 2. The number of ether oxygens (including phenoxy) is 2. The monoisotopic (exact) mass is 396 g/mol. The molecule has 0 aromatic heterocycles. The normalized spacial score (nSPS) is 14.4. The fraction of sp³-hybridized carbons (Fsp3) is 0.391. The molecule has 29 heavy (non-hydrogen) atoms. The van der Waals surface area contributed by atoms with E-state index in [0.29, 0.717) is 48.2 Å². The highest BCUT2D eigenvalue weighted by Crippen LogP contribution is 2.28. The van der Waals surface area contributed by atoms with Crippen molar-refractivity contribution in [2.75, 3.05) is 33.9 Å². The summed E-state index contributed by atoms with van der Waals surface area (Å²) in [5.74, 6) is 1.47. The van der Waals surface area contributed by atoms with Gasteiger partial charge in [0.15, 0.2) is 11.5 Å². The van der Waals surface area contributed by atoms with Gasteiger partial charge < -0.3 is 19.7 Å². The van der Waals surface area contributed by atoms with Crippen LogP contribution in [0.15, 0.2) is 42.5 Å². The summed E-state index contributed by atoms with van der Waals surface area (Å²) in [6, 6.07) is 12.8. The fourth-order valence-electron chi connectivity index (χ4n) is 3.54. The molecule has 0 aliphatic carbocycles. The number of carbonyl (C=O) groups is 2. The van der Waals surface area contributed by atoms with Crippen molar-refractivity contribution >= 4 is 11.8 Å². The largest absolute Gasteiger partial charge is 0.493 e. The second-order valence-electron chi connectivity index (χ2n) is 7.38. The van der Waals surface area contributed by atoms with Crippen molar-refractivity contribution in [1.29, 1.82) is 0 Å². The van der Waals surface area contributed by atoms with Crippen LogP contribution in [0, 0.1) is 12.8 Å². The molecule has 1 heterocycles. The van der Waals surface area contributed by atoms with E-state index in [9.17, 15) is 9.59 Å². The molecule has 0 unspecified atom stereocenters. The molecule has 2 amide bonds. The van der Waals surface area contributed by atoms with E-state index in [1.807, 2.05) is 36.1 Å². The number of hydrogen-bond acceptors (Lipinski definition) is 4. The van der Waals surface area contributed by atoms with E-state index >= 15 is 0 Å². The van der Waals surface area contributed by atoms with Gasteiger partial charge in [-0.3, -0.25) is 9.59 Å². The Kier molecular flexibility index (Phi) is 6.75. The van der Waals surface area contributed by atoms with Gasteiger partial charge in [-0.1, -0.05) is 17.7 Å². The van der Waals surface area contributed by atoms with Gasteiger partial charge in [0.25, 0.3) is 11.8 Å². The first-order valence-corrected chi connectivity index (χ1v) is 9.88. The van der Waals surface area contributed by atoms with Gasteiger partial charge in [-0.05, 0) is 56.0 Å². The van der Waals surface area contributed by atoms with Gasteiger partial charge in [-0.15, -0.1) is 0 Å². The lowest BCUT2D eigenvalue weighted by molar-refractivity contribution is 0.0684. The first kappa shape index (κ1) is 20.7. The molecule has 6 nitrogen and oxygen atoms in total. The van der Waals surface area contributed by atoms with Gasteiger partial charge in [0, 0.05) is 30.8 Å². The summed E-state index contributed by atoms with van der Waals surface area (Å²) in [6.07, 6.45) is 1.74. The average Bonchev–Trinajstić information content (AvgIpc) is 2.77. The van der Waals surface area contributed by atoms with Crippen LogP contribution in [0.5, 0.6) is 11.5 Å². The molecular weight excluding hydrogens is 368 g/mol. The zero-order chi connectivity index (χ0) is 20.8. The molecule has 1 saturated heterocycles. The summed E-state index contributed by atoms with van der Waals surface area (Å²) in [6.45, 7) is 3.99. The fourth-order valence-corrected chi connectivity index (χ4v) is 3.54. The highest BCUT2D eigenvalue weighted by Gasteiger charge is 2.24. The molecule has 0 atom stereocenters. The third kappa shape index (κ3) is 5.08. The van der Waals surface area contributed by atoms with E-state index in [1.54, 1.807) is 32.4 Å². The first-order valence-electron chi connectivity index (χ1n) is 9.88. The second-order valence-corrected chi connectivity index (χ2v) is 7.38. The SMILES string of the molecule is COc1ccc(C(=O)N2CCC(CNC(=O)c3ccc(C)cc3)CC2)cc1OC. The lowest BCUT2D eigenvalue weighted by Gasteiger charge is -2.32. The van der Waals surface area contributed by atoms with Crippen LogP contribution in [-0.4, -0.2) is 50.6 Å². The van der Waals surface area contributed by atoms with E-state index < -0.39 is 0 Å². The number of nitrogens with zero attached hydrogens (tertiary/aromatic N) is 1. The van der Waals surface area contributed by atoms with Gasteiger partial charge in [-0.2, -0.15) is 0 Å². The summed E-state index contributed by atoms with van der Waals surface area (Å²) < 4.78 is 10.5. The molecule has 0 spiro atoms. The van der Waals surface area contributed by atoms with Crippen LogP contribution in [0.2, 0.25) is 0 Å². The number of aryl methyl sites for hydroxylation is 1. The Balaban J connectivity index is 1.50. The van der Waals surface area contributed by atoms with Crippen molar-refractivity contribution in [2.24, 2.45) is 5.92 Å². The summed E-state index contributed by atoms with van der Waals surface area (Å²) in [7, 11) is 3.13. The Morgan fingerprint density at radius 2 is 1.59 bits per heavy atom. The standard InChI is InChI=1S/C23H28N2O4/c1-16-4-6-18(7-5-16)22(26)24-15-17-10-12-25(13-11-17)23(27)19-8-9-20(28-2)21(14-19)29-3/h4-9,14,17H,10-13,15H2,1-3H3,(H,24,26). The predicted molar refractivity (Wildman–Crippen MR) is 112 cm³/mol. The zero-order valence-electron chi connectivity index (χ0n) is 17.2. The molecule has 1 N–H and O–H groups in total. The van der Waals surface area contributed by atoms with Crippen LogP contribution in [0.3, 0.4) is 0 Å². The van der Waals surface area contributed by atoms with E-state index in [1.165, 1.54) is 0 Å². The van der Waals surface area contributed by atoms with E-state index in [0.717, 1.165) is 18.4 Å². The molecule has 1 aliphatic rings. The number of amides is 2. The lowest BCUT2D eigenvalue weighted by Crippen LogP contribution is -2.41. The minimum absolute atomic E-state index is 0.00639. The Labute approximate surface area is 171 Å². The van der Waals surface area contributed by atoms with Gasteiger partial charge in [0.1, 0.15) is 0 Å². The molecular formula is C23H28N2O4. The molecule has 1 aliphatic heterocycles. The van der Waals surface area contributed by atoms with Crippen molar-refractivity contribution in [3.8, 4) is 11.5 Å².